The van der Waals surface area contributed by atoms with Crippen LogP contribution in [0.25, 0.3) is 0 Å². The Kier molecular flexibility index (Phi) is 3.45. The molecule has 1 aromatic rings. The highest BCUT2D eigenvalue weighted by molar-refractivity contribution is 5.98. The molecule has 1 aliphatic rings. The van der Waals surface area contributed by atoms with Crippen molar-refractivity contribution in [1.29, 1.82) is 0 Å². The van der Waals surface area contributed by atoms with E-state index in [9.17, 15) is 14.0 Å². The number of ether oxygens (including phenoxy) is 1. The van der Waals surface area contributed by atoms with Crippen molar-refractivity contribution in [3.05, 3.63) is 24.0 Å². The van der Waals surface area contributed by atoms with Crippen molar-refractivity contribution in [3.63, 3.8) is 0 Å². The molecule has 5 nitrogen and oxygen atoms in total. The summed E-state index contributed by atoms with van der Waals surface area (Å²) in [6.45, 7) is 0.234. The fourth-order valence-corrected chi connectivity index (χ4v) is 1.79. The second-order valence-electron chi connectivity index (χ2n) is 3.89. The Balaban J connectivity index is 2.29. The van der Waals surface area contributed by atoms with E-state index >= 15 is 0 Å². The van der Waals surface area contributed by atoms with Crippen molar-refractivity contribution in [2.75, 3.05) is 25.1 Å². The number of carbonyl (C=O) groups is 2. The fourth-order valence-electron chi connectivity index (χ4n) is 1.79. The Bertz CT molecular complexity index is 490. The Hall–Kier alpha value is -2.11. The van der Waals surface area contributed by atoms with E-state index in [0.717, 1.165) is 0 Å². The van der Waals surface area contributed by atoms with Crippen molar-refractivity contribution in [2.24, 2.45) is 0 Å². The van der Waals surface area contributed by atoms with Crippen molar-refractivity contribution in [1.82, 2.24) is 5.32 Å². The normalized spacial score (nSPS) is 16.2. The topological polar surface area (TPSA) is 58.6 Å². The summed E-state index contributed by atoms with van der Waals surface area (Å²) in [5.41, 5.74) is 0.523. The molecule has 0 aliphatic carbocycles. The van der Waals surface area contributed by atoms with E-state index < -0.39 is 5.82 Å². The Morgan fingerprint density at radius 3 is 2.89 bits per heavy atom. The molecular formula is C12H13FN2O3. The first kappa shape index (κ1) is 12.3. The summed E-state index contributed by atoms with van der Waals surface area (Å²) in [7, 11) is 1.36. The van der Waals surface area contributed by atoms with Crippen molar-refractivity contribution in [3.8, 4) is 5.75 Å². The monoisotopic (exact) mass is 252 g/mol. The van der Waals surface area contributed by atoms with E-state index in [4.69, 9.17) is 4.74 Å². The lowest BCUT2D eigenvalue weighted by Gasteiger charge is -2.20. The molecule has 0 bridgehead atoms. The molecular weight excluding hydrogens is 239 g/mol. The fraction of sp³-hybridized carbons (Fsp3) is 0.333. The van der Waals surface area contributed by atoms with E-state index in [1.54, 1.807) is 0 Å². The number of methoxy groups -OCH3 is 1. The van der Waals surface area contributed by atoms with Crippen LogP contribution < -0.4 is 15.0 Å². The minimum atomic E-state index is -0.488. The van der Waals surface area contributed by atoms with Crippen LogP contribution in [-0.2, 0) is 9.59 Å². The van der Waals surface area contributed by atoms with Crippen molar-refractivity contribution < 1.29 is 18.7 Å². The van der Waals surface area contributed by atoms with Gasteiger partial charge in [0.15, 0.2) is 11.6 Å². The molecule has 0 atom stereocenters. The third-order valence-corrected chi connectivity index (χ3v) is 2.75. The van der Waals surface area contributed by atoms with Gasteiger partial charge in [0.25, 0.3) is 0 Å². The molecule has 0 aromatic heterocycles. The number of rotatable bonds is 2. The van der Waals surface area contributed by atoms with Crippen LogP contribution in [0.1, 0.15) is 6.42 Å². The predicted molar refractivity (Wildman–Crippen MR) is 62.9 cm³/mol. The molecule has 1 saturated heterocycles. The first-order chi connectivity index (χ1) is 8.61. The van der Waals surface area contributed by atoms with E-state index in [0.29, 0.717) is 5.69 Å². The van der Waals surface area contributed by atoms with Gasteiger partial charge in [-0.2, -0.15) is 0 Å². The standard InChI is InChI=1S/C12H13FN2O3/c1-18-10-6-8(2-3-9(10)13)15-5-4-11(16)14-7-12(15)17/h2-3,6H,4-5,7H2,1H3,(H,14,16). The summed E-state index contributed by atoms with van der Waals surface area (Å²) in [6, 6.07) is 4.18. The van der Waals surface area contributed by atoms with E-state index in [1.807, 2.05) is 0 Å². The predicted octanol–water partition coefficient (Wildman–Crippen LogP) is 0.687. The number of hydrogen-bond donors (Lipinski definition) is 1. The maximum absolute atomic E-state index is 13.3. The highest BCUT2D eigenvalue weighted by Crippen LogP contribution is 2.25. The summed E-state index contributed by atoms with van der Waals surface area (Å²) in [4.78, 5) is 24.5. The van der Waals surface area contributed by atoms with Gasteiger partial charge in [0.2, 0.25) is 11.8 Å². The number of carbonyl (C=O) groups excluding carboxylic acids is 2. The van der Waals surface area contributed by atoms with Crippen LogP contribution in [-0.4, -0.2) is 32.0 Å². The summed E-state index contributed by atoms with van der Waals surface area (Å²) in [5, 5.41) is 2.50. The average Bonchev–Trinajstić information content (AvgIpc) is 2.53. The Morgan fingerprint density at radius 2 is 2.17 bits per heavy atom. The minimum absolute atomic E-state index is 0.0431. The highest BCUT2D eigenvalue weighted by atomic mass is 19.1. The molecule has 0 spiro atoms. The largest absolute Gasteiger partial charge is 0.494 e. The molecule has 6 heteroatoms. The van der Waals surface area contributed by atoms with Gasteiger partial charge in [0.1, 0.15) is 0 Å². The summed E-state index contributed by atoms with van der Waals surface area (Å²) in [6.07, 6.45) is 0.228. The van der Waals surface area contributed by atoms with Crippen LogP contribution in [0, 0.1) is 5.82 Å². The number of amides is 2. The number of nitrogens with one attached hydrogen (secondary N) is 1. The van der Waals surface area contributed by atoms with Crippen LogP contribution in [0.5, 0.6) is 5.75 Å². The summed E-state index contributed by atoms with van der Waals surface area (Å²) < 4.78 is 18.2. The zero-order chi connectivity index (χ0) is 13.1. The molecule has 1 heterocycles. The zero-order valence-corrected chi connectivity index (χ0v) is 9.90. The van der Waals surface area contributed by atoms with Crippen molar-refractivity contribution >= 4 is 17.5 Å². The van der Waals surface area contributed by atoms with Crippen LogP contribution in [0.4, 0.5) is 10.1 Å². The molecule has 1 fully saturated rings. The summed E-state index contributed by atoms with van der Waals surface area (Å²) in [5.74, 6) is -0.809. The average molecular weight is 252 g/mol. The SMILES string of the molecule is COc1cc(N2CCC(=O)NCC2=O)ccc1F. The van der Waals surface area contributed by atoms with Gasteiger partial charge < -0.3 is 15.0 Å². The van der Waals surface area contributed by atoms with E-state index in [-0.39, 0.29) is 37.1 Å². The molecule has 2 amide bonds. The van der Waals surface area contributed by atoms with Gasteiger partial charge in [-0.05, 0) is 12.1 Å². The maximum atomic E-state index is 13.3. The smallest absolute Gasteiger partial charge is 0.246 e. The van der Waals surface area contributed by atoms with Gasteiger partial charge in [0, 0.05) is 24.7 Å². The van der Waals surface area contributed by atoms with Gasteiger partial charge in [-0.3, -0.25) is 9.59 Å². The lowest BCUT2D eigenvalue weighted by molar-refractivity contribution is -0.123. The van der Waals surface area contributed by atoms with Gasteiger partial charge in [0.05, 0.1) is 13.7 Å². The molecule has 1 aromatic carbocycles. The molecule has 0 unspecified atom stereocenters. The van der Waals surface area contributed by atoms with Crippen LogP contribution >= 0.6 is 0 Å². The first-order valence-corrected chi connectivity index (χ1v) is 5.52. The Morgan fingerprint density at radius 1 is 1.39 bits per heavy atom. The lowest BCUT2D eigenvalue weighted by Crippen LogP contribution is -2.35. The lowest BCUT2D eigenvalue weighted by atomic mass is 10.2. The first-order valence-electron chi connectivity index (χ1n) is 5.52. The van der Waals surface area contributed by atoms with Crippen LogP contribution in [0.2, 0.25) is 0 Å². The minimum Gasteiger partial charge on any atom is -0.494 e. The Labute approximate surface area is 104 Å². The number of anilines is 1. The summed E-state index contributed by atoms with van der Waals surface area (Å²) >= 11 is 0. The maximum Gasteiger partial charge on any atom is 0.246 e. The molecule has 0 saturated carbocycles. The highest BCUT2D eigenvalue weighted by Gasteiger charge is 2.22. The van der Waals surface area contributed by atoms with Gasteiger partial charge in [-0.1, -0.05) is 0 Å². The molecule has 18 heavy (non-hydrogen) atoms. The van der Waals surface area contributed by atoms with E-state index in [2.05, 4.69) is 5.32 Å². The van der Waals surface area contributed by atoms with Crippen LogP contribution in [0.3, 0.4) is 0 Å². The second kappa shape index (κ2) is 5.03. The molecule has 1 N–H and O–H groups in total. The second-order valence-corrected chi connectivity index (χ2v) is 3.89. The number of benzene rings is 1. The third-order valence-electron chi connectivity index (χ3n) is 2.75. The van der Waals surface area contributed by atoms with Gasteiger partial charge >= 0.3 is 0 Å². The van der Waals surface area contributed by atoms with Crippen LogP contribution in [0.15, 0.2) is 18.2 Å². The molecule has 1 aliphatic heterocycles. The van der Waals surface area contributed by atoms with Gasteiger partial charge in [-0.15, -0.1) is 0 Å². The quantitative estimate of drug-likeness (QED) is 0.842. The molecule has 0 radical (unpaired) electrons. The third kappa shape index (κ3) is 2.42. The molecule has 96 valence electrons. The van der Waals surface area contributed by atoms with Gasteiger partial charge in [-0.25, -0.2) is 4.39 Å². The van der Waals surface area contributed by atoms with Crippen molar-refractivity contribution in [2.45, 2.75) is 6.42 Å². The zero-order valence-electron chi connectivity index (χ0n) is 9.90. The molecule has 2 rings (SSSR count). The van der Waals surface area contributed by atoms with E-state index in [1.165, 1.54) is 30.2 Å². The number of halogens is 1. The number of hydrogen-bond acceptors (Lipinski definition) is 3. The number of nitrogens with zero attached hydrogens (tertiary/aromatic N) is 1.